The largest absolute Gasteiger partial charge is 0.489 e. The van der Waals surface area contributed by atoms with E-state index < -0.39 is 0 Å². The molecule has 0 saturated carbocycles. The van der Waals surface area contributed by atoms with Gasteiger partial charge in [-0.3, -0.25) is 4.98 Å². The van der Waals surface area contributed by atoms with Crippen molar-refractivity contribution in [1.29, 1.82) is 0 Å². The minimum Gasteiger partial charge on any atom is -0.489 e. The SMILES string of the molecule is Cc1cncc(COc2ccc(N)c(Cl)c2)c1. The number of benzene rings is 1. The summed E-state index contributed by atoms with van der Waals surface area (Å²) in [5, 5.41) is 0.505. The van der Waals surface area contributed by atoms with Gasteiger partial charge < -0.3 is 10.5 Å². The van der Waals surface area contributed by atoms with E-state index in [1.807, 2.05) is 19.2 Å². The van der Waals surface area contributed by atoms with Crippen LogP contribution in [0.25, 0.3) is 0 Å². The van der Waals surface area contributed by atoms with E-state index in [-0.39, 0.29) is 0 Å². The summed E-state index contributed by atoms with van der Waals surface area (Å²) in [6.07, 6.45) is 3.59. The van der Waals surface area contributed by atoms with E-state index >= 15 is 0 Å². The molecule has 3 nitrogen and oxygen atoms in total. The first kappa shape index (κ1) is 11.7. The number of rotatable bonds is 3. The third-order valence-electron chi connectivity index (χ3n) is 2.31. The molecule has 2 aromatic rings. The molecule has 0 aliphatic rings. The molecule has 0 amide bonds. The summed E-state index contributed by atoms with van der Waals surface area (Å²) in [7, 11) is 0. The molecule has 4 heteroatoms. The number of pyridine rings is 1. The molecule has 0 spiro atoms. The second-order valence-corrected chi connectivity index (χ2v) is 4.25. The smallest absolute Gasteiger partial charge is 0.121 e. The highest BCUT2D eigenvalue weighted by Gasteiger charge is 2.00. The van der Waals surface area contributed by atoms with Gasteiger partial charge in [0.2, 0.25) is 0 Å². The number of nitrogens with two attached hydrogens (primary N) is 1. The highest BCUT2D eigenvalue weighted by atomic mass is 35.5. The van der Waals surface area contributed by atoms with Gasteiger partial charge in [-0.25, -0.2) is 0 Å². The number of halogens is 1. The van der Waals surface area contributed by atoms with Crippen molar-refractivity contribution >= 4 is 17.3 Å². The molecule has 0 aliphatic carbocycles. The zero-order chi connectivity index (χ0) is 12.3. The number of aromatic nitrogens is 1. The predicted molar refractivity (Wildman–Crippen MR) is 69.2 cm³/mol. The monoisotopic (exact) mass is 248 g/mol. The van der Waals surface area contributed by atoms with Gasteiger partial charge in [-0.2, -0.15) is 0 Å². The van der Waals surface area contributed by atoms with Crippen LogP contribution in [0, 0.1) is 6.92 Å². The third-order valence-corrected chi connectivity index (χ3v) is 2.64. The van der Waals surface area contributed by atoms with Crippen LogP contribution < -0.4 is 10.5 Å². The van der Waals surface area contributed by atoms with Gasteiger partial charge in [0, 0.05) is 24.0 Å². The second-order valence-electron chi connectivity index (χ2n) is 3.84. The Morgan fingerprint density at radius 1 is 1.29 bits per heavy atom. The molecule has 0 fully saturated rings. The van der Waals surface area contributed by atoms with Gasteiger partial charge in [-0.05, 0) is 30.7 Å². The molecule has 0 atom stereocenters. The van der Waals surface area contributed by atoms with Crippen LogP contribution in [0.5, 0.6) is 5.75 Å². The van der Waals surface area contributed by atoms with E-state index in [0.29, 0.717) is 23.1 Å². The Bertz CT molecular complexity index is 529. The highest BCUT2D eigenvalue weighted by Crippen LogP contribution is 2.24. The van der Waals surface area contributed by atoms with Crippen LogP contribution in [0.15, 0.2) is 36.7 Å². The average molecular weight is 249 g/mol. The molecular formula is C13H13ClN2O. The lowest BCUT2D eigenvalue weighted by molar-refractivity contribution is 0.306. The van der Waals surface area contributed by atoms with E-state index in [1.165, 1.54) is 0 Å². The first-order valence-electron chi connectivity index (χ1n) is 5.23. The fraction of sp³-hybridized carbons (Fsp3) is 0.154. The quantitative estimate of drug-likeness (QED) is 0.849. The number of hydrogen-bond acceptors (Lipinski definition) is 3. The molecule has 2 N–H and O–H groups in total. The van der Waals surface area contributed by atoms with Gasteiger partial charge in [-0.15, -0.1) is 0 Å². The number of nitrogens with zero attached hydrogens (tertiary/aromatic N) is 1. The number of anilines is 1. The molecule has 0 unspecified atom stereocenters. The Morgan fingerprint density at radius 2 is 2.12 bits per heavy atom. The first-order chi connectivity index (χ1) is 8.15. The molecule has 1 aromatic carbocycles. The van der Waals surface area contributed by atoms with Crippen LogP contribution >= 0.6 is 11.6 Å². The number of ether oxygens (including phenoxy) is 1. The Morgan fingerprint density at radius 3 is 2.82 bits per heavy atom. The van der Waals surface area contributed by atoms with Gasteiger partial charge in [0.05, 0.1) is 10.7 Å². The Hall–Kier alpha value is -1.74. The number of aryl methyl sites for hydroxylation is 1. The van der Waals surface area contributed by atoms with Gasteiger partial charge in [0.1, 0.15) is 12.4 Å². The van der Waals surface area contributed by atoms with Gasteiger partial charge in [0.25, 0.3) is 0 Å². The minimum absolute atomic E-state index is 0.467. The van der Waals surface area contributed by atoms with E-state index in [4.69, 9.17) is 22.1 Å². The van der Waals surface area contributed by atoms with E-state index in [0.717, 1.165) is 11.1 Å². The fourth-order valence-corrected chi connectivity index (χ4v) is 1.63. The Labute approximate surface area is 105 Å². The molecule has 0 saturated heterocycles. The maximum atomic E-state index is 5.90. The maximum absolute atomic E-state index is 5.90. The topological polar surface area (TPSA) is 48.1 Å². The summed E-state index contributed by atoms with van der Waals surface area (Å²) in [5.74, 6) is 0.700. The van der Waals surface area contributed by atoms with Crippen molar-refractivity contribution in [3.63, 3.8) is 0 Å². The molecule has 0 radical (unpaired) electrons. The Balaban J connectivity index is 2.05. The molecule has 0 aliphatic heterocycles. The summed E-state index contributed by atoms with van der Waals surface area (Å²) in [5.41, 5.74) is 8.31. The number of nitrogen functional groups attached to an aromatic ring is 1. The van der Waals surface area contributed by atoms with Crippen LogP contribution in [0.3, 0.4) is 0 Å². The fourth-order valence-electron chi connectivity index (χ4n) is 1.46. The molecule has 1 heterocycles. The first-order valence-corrected chi connectivity index (χ1v) is 5.61. The predicted octanol–water partition coefficient (Wildman–Crippen LogP) is 3.20. The van der Waals surface area contributed by atoms with Crippen molar-refractivity contribution in [3.05, 3.63) is 52.8 Å². The van der Waals surface area contributed by atoms with Crippen molar-refractivity contribution in [2.75, 3.05) is 5.73 Å². The average Bonchev–Trinajstić information content (AvgIpc) is 2.31. The van der Waals surface area contributed by atoms with Crippen molar-refractivity contribution in [2.24, 2.45) is 0 Å². The van der Waals surface area contributed by atoms with Gasteiger partial charge in [0.15, 0.2) is 0 Å². The van der Waals surface area contributed by atoms with Crippen molar-refractivity contribution < 1.29 is 4.74 Å². The summed E-state index contributed by atoms with van der Waals surface area (Å²) in [6.45, 7) is 2.46. The zero-order valence-corrected chi connectivity index (χ0v) is 10.2. The zero-order valence-electron chi connectivity index (χ0n) is 9.48. The lowest BCUT2D eigenvalue weighted by Gasteiger charge is -2.07. The lowest BCUT2D eigenvalue weighted by Crippen LogP contribution is -1.97. The molecule has 88 valence electrons. The van der Waals surface area contributed by atoms with Crippen LogP contribution in [0.1, 0.15) is 11.1 Å². The lowest BCUT2D eigenvalue weighted by atomic mass is 10.2. The van der Waals surface area contributed by atoms with E-state index in [2.05, 4.69) is 4.98 Å². The third kappa shape index (κ3) is 3.11. The normalized spacial score (nSPS) is 10.2. The van der Waals surface area contributed by atoms with Gasteiger partial charge in [-0.1, -0.05) is 11.6 Å². The molecular weight excluding hydrogens is 236 g/mol. The highest BCUT2D eigenvalue weighted by molar-refractivity contribution is 6.33. The van der Waals surface area contributed by atoms with Crippen molar-refractivity contribution in [1.82, 2.24) is 4.98 Å². The standard InChI is InChI=1S/C13H13ClN2O/c1-9-4-10(7-16-6-9)8-17-11-2-3-13(15)12(14)5-11/h2-7H,8,15H2,1H3. The van der Waals surface area contributed by atoms with Crippen LogP contribution in [-0.4, -0.2) is 4.98 Å². The maximum Gasteiger partial charge on any atom is 0.121 e. The minimum atomic E-state index is 0.467. The summed E-state index contributed by atoms with van der Waals surface area (Å²) in [4.78, 5) is 4.10. The van der Waals surface area contributed by atoms with Crippen molar-refractivity contribution in [2.45, 2.75) is 13.5 Å². The molecule has 1 aromatic heterocycles. The van der Waals surface area contributed by atoms with Crippen LogP contribution in [0.2, 0.25) is 5.02 Å². The second kappa shape index (κ2) is 5.06. The summed E-state index contributed by atoms with van der Waals surface area (Å²) >= 11 is 5.90. The molecule has 0 bridgehead atoms. The molecule has 2 rings (SSSR count). The van der Waals surface area contributed by atoms with Crippen molar-refractivity contribution in [3.8, 4) is 5.75 Å². The molecule has 17 heavy (non-hydrogen) atoms. The Kier molecular flexibility index (Phi) is 3.49. The van der Waals surface area contributed by atoms with Gasteiger partial charge >= 0.3 is 0 Å². The van der Waals surface area contributed by atoms with E-state index in [9.17, 15) is 0 Å². The van der Waals surface area contributed by atoms with E-state index in [1.54, 1.807) is 24.4 Å². The summed E-state index contributed by atoms with van der Waals surface area (Å²) in [6, 6.07) is 7.27. The van der Waals surface area contributed by atoms with Crippen LogP contribution in [0.4, 0.5) is 5.69 Å². The summed E-state index contributed by atoms with van der Waals surface area (Å²) < 4.78 is 5.60. The number of hydrogen-bond donors (Lipinski definition) is 1. The van der Waals surface area contributed by atoms with Crippen LogP contribution in [-0.2, 0) is 6.61 Å².